The molecular weight excluding hydrogens is 546 g/mol. The van der Waals surface area contributed by atoms with E-state index < -0.39 is 0 Å². The van der Waals surface area contributed by atoms with Gasteiger partial charge in [-0.25, -0.2) is 0 Å². The van der Waals surface area contributed by atoms with Gasteiger partial charge in [0.15, 0.2) is 11.0 Å². The van der Waals surface area contributed by atoms with Crippen LogP contribution in [0, 0.1) is 22.7 Å². The molecule has 10 heteroatoms. The highest BCUT2D eigenvalue weighted by atomic mass is 79.9. The van der Waals surface area contributed by atoms with E-state index in [1.165, 1.54) is 28.0 Å². The lowest BCUT2D eigenvalue weighted by molar-refractivity contribution is -0.113. The third-order valence-corrected chi connectivity index (χ3v) is 9.05. The van der Waals surface area contributed by atoms with E-state index >= 15 is 0 Å². The van der Waals surface area contributed by atoms with Crippen LogP contribution < -0.4 is 5.32 Å². The summed E-state index contributed by atoms with van der Waals surface area (Å²) in [5.74, 6) is 1.18. The van der Waals surface area contributed by atoms with Gasteiger partial charge in [-0.15, -0.1) is 21.5 Å². The van der Waals surface area contributed by atoms with Gasteiger partial charge in [-0.05, 0) is 61.3 Å². The Balaban J connectivity index is 1.47. The van der Waals surface area contributed by atoms with Crippen molar-refractivity contribution in [1.29, 1.82) is 5.26 Å². The third-order valence-electron chi connectivity index (χ3n) is 6.42. The predicted molar refractivity (Wildman–Crippen MR) is 144 cm³/mol. The Morgan fingerprint density at radius 1 is 1.40 bits per heavy atom. The average molecular weight is 575 g/mol. The number of phenols is 1. The van der Waals surface area contributed by atoms with E-state index in [0.29, 0.717) is 39.6 Å². The molecule has 0 fully saturated rings. The number of phenolic OH excluding ortho intramolecular Hbond substituents is 1. The van der Waals surface area contributed by atoms with Crippen LogP contribution in [0.2, 0.25) is 0 Å². The molecule has 1 aromatic carbocycles. The molecule has 3 aromatic rings. The van der Waals surface area contributed by atoms with E-state index in [4.69, 9.17) is 0 Å². The normalized spacial score (nSPS) is 15.5. The summed E-state index contributed by atoms with van der Waals surface area (Å²) in [6.45, 7) is 9.34. The first-order valence-corrected chi connectivity index (χ1v) is 14.1. The second kappa shape index (κ2) is 10.3. The van der Waals surface area contributed by atoms with Crippen LogP contribution in [0.4, 0.5) is 5.00 Å². The summed E-state index contributed by atoms with van der Waals surface area (Å²) >= 11 is 6.25. The van der Waals surface area contributed by atoms with Gasteiger partial charge in [-0.1, -0.05) is 48.5 Å². The molecular formula is C25H28BrN5O2S2. The molecule has 0 bridgehead atoms. The number of aromatic hydroxyl groups is 1. The topological polar surface area (TPSA) is 104 Å². The third kappa shape index (κ3) is 5.42. The van der Waals surface area contributed by atoms with Crippen molar-refractivity contribution in [1.82, 2.24) is 14.8 Å². The van der Waals surface area contributed by atoms with E-state index in [0.717, 1.165) is 29.3 Å². The summed E-state index contributed by atoms with van der Waals surface area (Å²) in [7, 11) is 0. The molecule has 1 aliphatic rings. The second-order valence-electron chi connectivity index (χ2n) is 9.67. The summed E-state index contributed by atoms with van der Waals surface area (Å²) in [6.07, 6.45) is 2.90. The lowest BCUT2D eigenvalue weighted by Crippen LogP contribution is -2.26. The molecule has 1 amide bonds. The quantitative estimate of drug-likeness (QED) is 0.338. The number of thiophene rings is 1. The zero-order chi connectivity index (χ0) is 25.3. The summed E-state index contributed by atoms with van der Waals surface area (Å²) in [5, 5.41) is 32.8. The fourth-order valence-electron chi connectivity index (χ4n) is 4.39. The number of anilines is 1. The number of benzene rings is 1. The van der Waals surface area contributed by atoms with Crippen molar-refractivity contribution in [2.75, 3.05) is 11.1 Å². The zero-order valence-electron chi connectivity index (χ0n) is 20.2. The number of amides is 1. The molecule has 1 aliphatic carbocycles. The number of thioether (sulfide) groups is 1. The fourth-order valence-corrected chi connectivity index (χ4v) is 6.85. The average Bonchev–Trinajstić information content (AvgIpc) is 3.38. The number of carbonyl (C=O) groups excluding carboxylic acids is 1. The van der Waals surface area contributed by atoms with Crippen molar-refractivity contribution < 1.29 is 9.90 Å². The molecule has 1 atom stereocenters. The number of fused-ring (bicyclic) bond motifs is 1. The lowest BCUT2D eigenvalue weighted by atomic mass is 9.72. The molecule has 2 heterocycles. The Morgan fingerprint density at radius 2 is 2.17 bits per heavy atom. The minimum atomic E-state index is -0.185. The van der Waals surface area contributed by atoms with Crippen LogP contribution in [0.5, 0.6) is 5.75 Å². The first-order valence-electron chi connectivity index (χ1n) is 11.5. The number of hydrogen-bond acceptors (Lipinski definition) is 7. The number of halogens is 1. The summed E-state index contributed by atoms with van der Waals surface area (Å²) in [6, 6.07) is 7.47. The predicted octanol–water partition coefficient (Wildman–Crippen LogP) is 6.25. The maximum atomic E-state index is 12.8. The fraction of sp³-hybridized carbons (Fsp3) is 0.440. The van der Waals surface area contributed by atoms with E-state index in [1.807, 2.05) is 11.5 Å². The molecule has 0 aliphatic heterocycles. The van der Waals surface area contributed by atoms with Crippen LogP contribution >= 0.6 is 39.0 Å². The lowest BCUT2D eigenvalue weighted by Gasteiger charge is -2.33. The van der Waals surface area contributed by atoms with Gasteiger partial charge in [0.2, 0.25) is 5.91 Å². The first-order chi connectivity index (χ1) is 16.6. The van der Waals surface area contributed by atoms with Crippen LogP contribution in [0.3, 0.4) is 0 Å². The highest BCUT2D eigenvalue weighted by molar-refractivity contribution is 9.10. The molecule has 2 N–H and O–H groups in total. The van der Waals surface area contributed by atoms with Gasteiger partial charge in [-0.3, -0.25) is 4.79 Å². The van der Waals surface area contributed by atoms with Crippen LogP contribution in [0.1, 0.15) is 50.1 Å². The molecule has 4 rings (SSSR count). The number of nitrogens with one attached hydrogen (secondary N) is 1. The van der Waals surface area contributed by atoms with Crippen molar-refractivity contribution in [2.45, 2.75) is 58.7 Å². The number of nitrogens with zero attached hydrogens (tertiary/aromatic N) is 4. The molecule has 0 spiro atoms. The monoisotopic (exact) mass is 573 g/mol. The van der Waals surface area contributed by atoms with E-state index in [1.54, 1.807) is 18.2 Å². The number of rotatable bonds is 6. The summed E-state index contributed by atoms with van der Waals surface area (Å²) in [5.41, 5.74) is 2.50. The SMILES string of the molecule is CCn1c(SCC(=O)Nc2sc3c(c2C#N)CC[C@H](C(C)(C)C)C3)nnc1-c1cc(Br)ccc1O. The first kappa shape index (κ1) is 25.7. The Bertz CT molecular complexity index is 1300. The van der Waals surface area contributed by atoms with Gasteiger partial charge in [0.25, 0.3) is 0 Å². The Labute approximate surface area is 222 Å². The van der Waals surface area contributed by atoms with E-state index in [-0.39, 0.29) is 22.8 Å². The Hall–Kier alpha value is -2.35. The molecule has 7 nitrogen and oxygen atoms in total. The van der Waals surface area contributed by atoms with E-state index in [9.17, 15) is 15.2 Å². The largest absolute Gasteiger partial charge is 0.507 e. The molecule has 0 saturated heterocycles. The second-order valence-corrected chi connectivity index (χ2v) is 12.6. The summed E-state index contributed by atoms with van der Waals surface area (Å²) < 4.78 is 2.70. The minimum absolute atomic E-state index is 0.115. The summed E-state index contributed by atoms with van der Waals surface area (Å²) in [4.78, 5) is 14.0. The van der Waals surface area contributed by atoms with Gasteiger partial charge in [0, 0.05) is 15.9 Å². The molecule has 0 unspecified atom stereocenters. The molecule has 35 heavy (non-hydrogen) atoms. The van der Waals surface area contributed by atoms with Crippen molar-refractivity contribution in [3.05, 3.63) is 38.7 Å². The Kier molecular flexibility index (Phi) is 7.60. The van der Waals surface area contributed by atoms with Crippen LogP contribution in [0.15, 0.2) is 27.8 Å². The number of nitriles is 1. The van der Waals surface area contributed by atoms with Gasteiger partial charge in [-0.2, -0.15) is 5.26 Å². The number of carbonyl (C=O) groups is 1. The van der Waals surface area contributed by atoms with Gasteiger partial charge in [0.1, 0.15) is 16.8 Å². The standard InChI is InChI=1S/C25H28BrN5O2S2/c1-5-31-22(17-11-15(26)7-9-19(17)32)29-30-24(31)34-13-21(33)28-23-18(12-27)16-8-6-14(25(2,3)4)10-20(16)35-23/h7,9,11,14,32H,5-6,8,10,13H2,1-4H3,(H,28,33)/t14-/m0/s1. The number of aromatic nitrogens is 3. The molecule has 2 aromatic heterocycles. The zero-order valence-corrected chi connectivity index (χ0v) is 23.4. The maximum absolute atomic E-state index is 12.8. The maximum Gasteiger partial charge on any atom is 0.235 e. The van der Waals surface area contributed by atoms with Crippen molar-refractivity contribution >= 4 is 49.9 Å². The highest BCUT2D eigenvalue weighted by Crippen LogP contribution is 2.44. The number of hydrogen-bond donors (Lipinski definition) is 2. The van der Waals surface area contributed by atoms with Crippen LogP contribution in [-0.2, 0) is 24.2 Å². The Morgan fingerprint density at radius 3 is 2.86 bits per heavy atom. The van der Waals surface area contributed by atoms with Crippen LogP contribution in [-0.4, -0.2) is 31.5 Å². The van der Waals surface area contributed by atoms with Gasteiger partial charge in [0.05, 0.1) is 16.9 Å². The minimum Gasteiger partial charge on any atom is -0.507 e. The molecule has 184 valence electrons. The molecule has 0 radical (unpaired) electrons. The van der Waals surface area contributed by atoms with Gasteiger partial charge < -0.3 is 15.0 Å². The van der Waals surface area contributed by atoms with Crippen LogP contribution in [0.25, 0.3) is 11.4 Å². The smallest absolute Gasteiger partial charge is 0.235 e. The van der Waals surface area contributed by atoms with Crippen molar-refractivity contribution in [2.24, 2.45) is 11.3 Å². The molecule has 0 saturated carbocycles. The van der Waals surface area contributed by atoms with Crippen molar-refractivity contribution in [3.8, 4) is 23.2 Å². The van der Waals surface area contributed by atoms with Crippen molar-refractivity contribution in [3.63, 3.8) is 0 Å². The van der Waals surface area contributed by atoms with Gasteiger partial charge >= 0.3 is 0 Å². The highest BCUT2D eigenvalue weighted by Gasteiger charge is 2.32. The van der Waals surface area contributed by atoms with E-state index in [2.05, 4.69) is 58.3 Å².